The number of nitrogens with one attached hydrogen (secondary N) is 2. The number of pyridine rings is 1. The van der Waals surface area contributed by atoms with E-state index in [2.05, 4.69) is 25.6 Å². The van der Waals surface area contributed by atoms with Crippen LogP contribution in [0.4, 0.5) is 11.8 Å². The molecule has 6 heteroatoms. The second-order valence-corrected chi connectivity index (χ2v) is 5.00. The SMILES string of the molecule is c1cncc(CNc2ccnc(NCC3CCCO3)n2)c1. The molecule has 1 saturated heterocycles. The molecule has 3 rings (SSSR count). The molecule has 0 aliphatic carbocycles. The van der Waals surface area contributed by atoms with Gasteiger partial charge in [-0.25, -0.2) is 4.98 Å². The minimum atomic E-state index is 0.278. The summed E-state index contributed by atoms with van der Waals surface area (Å²) in [5.74, 6) is 1.42. The van der Waals surface area contributed by atoms with Gasteiger partial charge >= 0.3 is 0 Å². The molecule has 0 bridgehead atoms. The van der Waals surface area contributed by atoms with E-state index in [9.17, 15) is 0 Å². The molecule has 0 saturated carbocycles. The van der Waals surface area contributed by atoms with E-state index >= 15 is 0 Å². The first-order chi connectivity index (χ1) is 10.4. The van der Waals surface area contributed by atoms with E-state index < -0.39 is 0 Å². The van der Waals surface area contributed by atoms with E-state index in [1.54, 1.807) is 12.4 Å². The fraction of sp³-hybridized carbons (Fsp3) is 0.400. The Labute approximate surface area is 124 Å². The lowest BCUT2D eigenvalue weighted by molar-refractivity contribution is 0.120. The molecule has 21 heavy (non-hydrogen) atoms. The highest BCUT2D eigenvalue weighted by atomic mass is 16.5. The van der Waals surface area contributed by atoms with E-state index in [1.807, 2.05) is 24.4 Å². The molecule has 0 amide bonds. The molecule has 2 N–H and O–H groups in total. The van der Waals surface area contributed by atoms with Crippen molar-refractivity contribution in [2.75, 3.05) is 23.8 Å². The van der Waals surface area contributed by atoms with Crippen molar-refractivity contribution in [1.82, 2.24) is 15.0 Å². The molecule has 6 nitrogen and oxygen atoms in total. The van der Waals surface area contributed by atoms with Crippen molar-refractivity contribution in [2.45, 2.75) is 25.5 Å². The van der Waals surface area contributed by atoms with Gasteiger partial charge in [-0.15, -0.1) is 0 Å². The van der Waals surface area contributed by atoms with E-state index in [0.29, 0.717) is 12.5 Å². The van der Waals surface area contributed by atoms with Crippen molar-refractivity contribution in [3.63, 3.8) is 0 Å². The third kappa shape index (κ3) is 4.13. The van der Waals surface area contributed by atoms with Gasteiger partial charge in [0.25, 0.3) is 0 Å². The molecule has 1 unspecified atom stereocenters. The molecule has 1 atom stereocenters. The third-order valence-electron chi connectivity index (χ3n) is 3.36. The van der Waals surface area contributed by atoms with Crippen molar-refractivity contribution in [3.8, 4) is 0 Å². The molecular formula is C15H19N5O. The van der Waals surface area contributed by atoms with E-state index in [1.165, 1.54) is 0 Å². The maximum absolute atomic E-state index is 5.57. The Morgan fingerprint density at radius 1 is 1.24 bits per heavy atom. The summed E-state index contributed by atoms with van der Waals surface area (Å²) in [6, 6.07) is 5.80. The normalized spacial score (nSPS) is 17.6. The molecule has 1 fully saturated rings. The average molecular weight is 285 g/mol. The lowest BCUT2D eigenvalue weighted by Gasteiger charge is -2.11. The van der Waals surface area contributed by atoms with Crippen LogP contribution in [0.2, 0.25) is 0 Å². The Bertz CT molecular complexity index is 557. The summed E-state index contributed by atoms with van der Waals surface area (Å²) >= 11 is 0. The van der Waals surface area contributed by atoms with Crippen molar-refractivity contribution in [3.05, 3.63) is 42.4 Å². The monoisotopic (exact) mass is 285 g/mol. The van der Waals surface area contributed by atoms with E-state index in [-0.39, 0.29) is 6.10 Å². The van der Waals surface area contributed by atoms with Gasteiger partial charge in [-0.1, -0.05) is 6.07 Å². The summed E-state index contributed by atoms with van der Waals surface area (Å²) in [5.41, 5.74) is 1.12. The van der Waals surface area contributed by atoms with Crippen molar-refractivity contribution < 1.29 is 4.74 Å². The Morgan fingerprint density at radius 3 is 3.05 bits per heavy atom. The molecule has 0 spiro atoms. The maximum atomic E-state index is 5.57. The number of rotatable bonds is 6. The lowest BCUT2D eigenvalue weighted by atomic mass is 10.2. The van der Waals surface area contributed by atoms with Gasteiger partial charge in [0.2, 0.25) is 5.95 Å². The Balaban J connectivity index is 1.52. The zero-order chi connectivity index (χ0) is 14.3. The molecule has 1 aliphatic rings. The summed E-state index contributed by atoms with van der Waals surface area (Å²) in [5, 5.41) is 6.49. The number of ether oxygens (including phenoxy) is 1. The predicted molar refractivity (Wildman–Crippen MR) is 81.1 cm³/mol. The molecule has 1 aliphatic heterocycles. The van der Waals surface area contributed by atoms with Gasteiger partial charge in [0.05, 0.1) is 6.10 Å². The van der Waals surface area contributed by atoms with Gasteiger partial charge in [-0.3, -0.25) is 4.98 Å². The van der Waals surface area contributed by atoms with Crippen LogP contribution in [0.25, 0.3) is 0 Å². The number of anilines is 2. The molecule has 0 aromatic carbocycles. The van der Waals surface area contributed by atoms with E-state index in [4.69, 9.17) is 4.74 Å². The summed E-state index contributed by atoms with van der Waals surface area (Å²) in [6.45, 7) is 2.31. The molecular weight excluding hydrogens is 266 g/mol. The van der Waals surface area contributed by atoms with Crippen LogP contribution in [0, 0.1) is 0 Å². The van der Waals surface area contributed by atoms with Crippen LogP contribution < -0.4 is 10.6 Å². The Morgan fingerprint density at radius 2 is 2.24 bits per heavy atom. The first kappa shape index (κ1) is 13.8. The van der Waals surface area contributed by atoms with Gasteiger partial charge in [0.1, 0.15) is 5.82 Å². The molecule has 0 radical (unpaired) electrons. The highest BCUT2D eigenvalue weighted by Gasteiger charge is 2.15. The van der Waals surface area contributed by atoms with Gasteiger partial charge in [-0.2, -0.15) is 4.98 Å². The topological polar surface area (TPSA) is 72.0 Å². The van der Waals surface area contributed by atoms with Crippen LogP contribution in [0.3, 0.4) is 0 Å². The minimum absolute atomic E-state index is 0.278. The zero-order valence-corrected chi connectivity index (χ0v) is 11.8. The van der Waals surface area contributed by atoms with Gasteiger partial charge in [0.15, 0.2) is 0 Å². The Kier molecular flexibility index (Phi) is 4.58. The van der Waals surface area contributed by atoms with Crippen molar-refractivity contribution in [2.24, 2.45) is 0 Å². The zero-order valence-electron chi connectivity index (χ0n) is 11.8. The summed E-state index contributed by atoms with van der Waals surface area (Å²) in [4.78, 5) is 12.8. The fourth-order valence-electron chi connectivity index (χ4n) is 2.25. The molecule has 2 aromatic heterocycles. The fourth-order valence-corrected chi connectivity index (χ4v) is 2.25. The highest BCUT2D eigenvalue weighted by Crippen LogP contribution is 2.13. The van der Waals surface area contributed by atoms with Crippen LogP contribution in [0.5, 0.6) is 0 Å². The van der Waals surface area contributed by atoms with E-state index in [0.717, 1.165) is 37.4 Å². The number of aromatic nitrogens is 3. The Hall–Kier alpha value is -2.21. The number of hydrogen-bond acceptors (Lipinski definition) is 6. The van der Waals surface area contributed by atoms with Gasteiger partial charge in [-0.05, 0) is 30.5 Å². The first-order valence-electron chi connectivity index (χ1n) is 7.21. The summed E-state index contributed by atoms with van der Waals surface area (Å²) in [6.07, 6.45) is 7.87. The van der Waals surface area contributed by atoms with Crippen LogP contribution in [0.15, 0.2) is 36.8 Å². The number of hydrogen-bond donors (Lipinski definition) is 2. The van der Waals surface area contributed by atoms with Crippen LogP contribution in [-0.4, -0.2) is 34.2 Å². The minimum Gasteiger partial charge on any atom is -0.376 e. The van der Waals surface area contributed by atoms with Crippen LogP contribution >= 0.6 is 0 Å². The van der Waals surface area contributed by atoms with Crippen LogP contribution in [-0.2, 0) is 11.3 Å². The predicted octanol–water partition coefficient (Wildman–Crippen LogP) is 2.07. The average Bonchev–Trinajstić information content (AvgIpc) is 3.06. The molecule has 3 heterocycles. The largest absolute Gasteiger partial charge is 0.376 e. The summed E-state index contributed by atoms with van der Waals surface area (Å²) < 4.78 is 5.57. The van der Waals surface area contributed by atoms with Gasteiger partial charge < -0.3 is 15.4 Å². The summed E-state index contributed by atoms with van der Waals surface area (Å²) in [7, 11) is 0. The maximum Gasteiger partial charge on any atom is 0.224 e. The van der Waals surface area contributed by atoms with Crippen LogP contribution in [0.1, 0.15) is 18.4 Å². The van der Waals surface area contributed by atoms with Crippen molar-refractivity contribution in [1.29, 1.82) is 0 Å². The lowest BCUT2D eigenvalue weighted by Crippen LogP contribution is -2.19. The second kappa shape index (κ2) is 6.99. The number of nitrogens with zero attached hydrogens (tertiary/aromatic N) is 3. The van der Waals surface area contributed by atoms with Crippen molar-refractivity contribution >= 4 is 11.8 Å². The van der Waals surface area contributed by atoms with Gasteiger partial charge in [0, 0.05) is 38.3 Å². The smallest absolute Gasteiger partial charge is 0.224 e. The molecule has 110 valence electrons. The second-order valence-electron chi connectivity index (χ2n) is 5.00. The quantitative estimate of drug-likeness (QED) is 0.846. The molecule has 2 aromatic rings. The highest BCUT2D eigenvalue weighted by molar-refractivity contribution is 5.40. The first-order valence-corrected chi connectivity index (χ1v) is 7.21. The third-order valence-corrected chi connectivity index (χ3v) is 3.36. The standard InChI is InChI=1S/C15H19N5O/c1-3-12(9-16-6-1)10-18-14-5-7-17-15(20-14)19-11-13-4-2-8-21-13/h1,3,5-7,9,13H,2,4,8,10-11H2,(H2,17,18,19,20).